The molecule has 0 aliphatic heterocycles. The summed E-state index contributed by atoms with van der Waals surface area (Å²) in [5.41, 5.74) is 0.684. The fourth-order valence-corrected chi connectivity index (χ4v) is 4.91. The van der Waals surface area contributed by atoms with Crippen molar-refractivity contribution in [2.75, 3.05) is 23.7 Å². The number of amides is 2. The molecule has 7 nitrogen and oxygen atoms in total. The Bertz CT molecular complexity index is 1130. The van der Waals surface area contributed by atoms with Crippen LogP contribution in [0.4, 0.5) is 10.1 Å². The number of hydrogen-bond donors (Lipinski definition) is 1. The summed E-state index contributed by atoms with van der Waals surface area (Å²) in [6.07, 6.45) is 2.93. The SMILES string of the molecule is CCCCNC(=O)[C@H](CC)N(Cc1ccc(F)cc1)C(=O)CN(c1ccc(Cl)cc1Cl)S(C)(=O)=O. The summed E-state index contributed by atoms with van der Waals surface area (Å²) < 4.78 is 39.5. The number of carbonyl (C=O) groups excluding carboxylic acids is 2. The molecule has 0 aliphatic rings. The lowest BCUT2D eigenvalue weighted by molar-refractivity contribution is -0.140. The zero-order valence-corrected chi connectivity index (χ0v) is 22.3. The maximum Gasteiger partial charge on any atom is 0.244 e. The first-order valence-corrected chi connectivity index (χ1v) is 13.8. The second-order valence-corrected chi connectivity index (χ2v) is 10.8. The highest BCUT2D eigenvalue weighted by Gasteiger charge is 2.32. The van der Waals surface area contributed by atoms with Crippen molar-refractivity contribution < 1.29 is 22.4 Å². The van der Waals surface area contributed by atoms with Crippen molar-refractivity contribution in [2.24, 2.45) is 0 Å². The van der Waals surface area contributed by atoms with Crippen molar-refractivity contribution in [3.05, 3.63) is 63.9 Å². The average Bonchev–Trinajstić information content (AvgIpc) is 2.78. The van der Waals surface area contributed by atoms with Crippen LogP contribution in [-0.4, -0.2) is 50.5 Å². The normalized spacial score (nSPS) is 12.2. The first-order valence-electron chi connectivity index (χ1n) is 11.2. The molecule has 11 heteroatoms. The molecule has 1 N–H and O–H groups in total. The van der Waals surface area contributed by atoms with Crippen LogP contribution in [0.25, 0.3) is 0 Å². The topological polar surface area (TPSA) is 86.8 Å². The van der Waals surface area contributed by atoms with Gasteiger partial charge in [-0.1, -0.05) is 55.6 Å². The first-order chi connectivity index (χ1) is 16.5. The molecule has 2 aromatic rings. The number of nitrogens with zero attached hydrogens (tertiary/aromatic N) is 2. The highest BCUT2D eigenvalue weighted by molar-refractivity contribution is 7.92. The lowest BCUT2D eigenvalue weighted by Crippen LogP contribution is -2.52. The van der Waals surface area contributed by atoms with E-state index in [0.29, 0.717) is 23.6 Å². The van der Waals surface area contributed by atoms with Gasteiger partial charge in [0.25, 0.3) is 0 Å². The lowest BCUT2D eigenvalue weighted by atomic mass is 10.1. The van der Waals surface area contributed by atoms with Gasteiger partial charge in [-0.3, -0.25) is 13.9 Å². The van der Waals surface area contributed by atoms with E-state index < -0.39 is 34.3 Å². The summed E-state index contributed by atoms with van der Waals surface area (Å²) in [6, 6.07) is 8.96. The van der Waals surface area contributed by atoms with E-state index in [-0.39, 0.29) is 23.2 Å². The van der Waals surface area contributed by atoms with E-state index in [9.17, 15) is 22.4 Å². The summed E-state index contributed by atoms with van der Waals surface area (Å²) in [5.74, 6) is -1.38. The van der Waals surface area contributed by atoms with Crippen LogP contribution in [0.15, 0.2) is 42.5 Å². The standard InChI is InChI=1S/C24H30Cl2FN3O4S/c1-4-6-13-28-24(32)21(5-2)29(15-17-7-10-19(27)11-8-17)23(31)16-30(35(3,33)34)22-12-9-18(25)14-20(22)26/h7-12,14,21H,4-6,13,15-16H2,1-3H3,(H,28,32)/t21-/m0/s1. The van der Waals surface area contributed by atoms with Crippen LogP contribution >= 0.6 is 23.2 Å². The Morgan fingerprint density at radius 1 is 1.09 bits per heavy atom. The van der Waals surface area contributed by atoms with Gasteiger partial charge >= 0.3 is 0 Å². The number of benzene rings is 2. The first kappa shape index (κ1) is 28.9. The monoisotopic (exact) mass is 545 g/mol. The Balaban J connectivity index is 2.42. The van der Waals surface area contributed by atoms with Crippen molar-refractivity contribution in [3.63, 3.8) is 0 Å². The third kappa shape index (κ3) is 8.37. The van der Waals surface area contributed by atoms with Crippen LogP contribution in [0.5, 0.6) is 0 Å². The molecule has 0 fully saturated rings. The average molecular weight is 546 g/mol. The van der Waals surface area contributed by atoms with Gasteiger partial charge in [0.2, 0.25) is 21.8 Å². The summed E-state index contributed by atoms with van der Waals surface area (Å²) in [7, 11) is -3.92. The summed E-state index contributed by atoms with van der Waals surface area (Å²) >= 11 is 12.2. The molecule has 0 heterocycles. The maximum absolute atomic E-state index is 13.6. The minimum atomic E-state index is -3.92. The van der Waals surface area contributed by atoms with Crippen molar-refractivity contribution in [1.29, 1.82) is 0 Å². The second kappa shape index (κ2) is 13.1. The molecule has 0 saturated heterocycles. The molecule has 0 aromatic heterocycles. The molecule has 2 rings (SSSR count). The van der Waals surface area contributed by atoms with Gasteiger partial charge in [-0.2, -0.15) is 0 Å². The van der Waals surface area contributed by atoms with Crippen molar-refractivity contribution in [1.82, 2.24) is 10.2 Å². The molecule has 35 heavy (non-hydrogen) atoms. The Morgan fingerprint density at radius 2 is 1.74 bits per heavy atom. The van der Waals surface area contributed by atoms with Gasteiger partial charge in [0.1, 0.15) is 18.4 Å². The summed E-state index contributed by atoms with van der Waals surface area (Å²) in [5, 5.41) is 3.21. The third-order valence-corrected chi connectivity index (χ3v) is 7.00. The predicted octanol–water partition coefficient (Wildman–Crippen LogP) is 4.62. The van der Waals surface area contributed by atoms with Gasteiger partial charge in [-0.15, -0.1) is 0 Å². The number of carbonyl (C=O) groups is 2. The molecule has 0 saturated carbocycles. The zero-order chi connectivity index (χ0) is 26.2. The van der Waals surface area contributed by atoms with Crippen molar-refractivity contribution in [2.45, 2.75) is 45.7 Å². The molecule has 0 aliphatic carbocycles. The molecule has 0 bridgehead atoms. The van der Waals surface area contributed by atoms with E-state index in [0.717, 1.165) is 23.4 Å². The smallest absolute Gasteiger partial charge is 0.244 e. The number of sulfonamides is 1. The highest BCUT2D eigenvalue weighted by Crippen LogP contribution is 2.30. The number of rotatable bonds is 12. The number of halogens is 3. The third-order valence-electron chi connectivity index (χ3n) is 5.34. The number of hydrogen-bond acceptors (Lipinski definition) is 4. The zero-order valence-electron chi connectivity index (χ0n) is 19.9. The van der Waals surface area contributed by atoms with Gasteiger partial charge in [-0.05, 0) is 48.7 Å². The minimum absolute atomic E-state index is 0.00916. The van der Waals surface area contributed by atoms with Crippen LogP contribution in [0.3, 0.4) is 0 Å². The largest absolute Gasteiger partial charge is 0.354 e. The predicted molar refractivity (Wildman–Crippen MR) is 138 cm³/mol. The van der Waals surface area contributed by atoms with E-state index >= 15 is 0 Å². The second-order valence-electron chi connectivity index (χ2n) is 8.08. The fraction of sp³-hybridized carbons (Fsp3) is 0.417. The van der Waals surface area contributed by atoms with E-state index in [4.69, 9.17) is 23.2 Å². The molecule has 2 aromatic carbocycles. The molecule has 192 valence electrons. The minimum Gasteiger partial charge on any atom is -0.354 e. The summed E-state index contributed by atoms with van der Waals surface area (Å²) in [6.45, 7) is 3.63. The van der Waals surface area contributed by atoms with Crippen LogP contribution < -0.4 is 9.62 Å². The van der Waals surface area contributed by atoms with Gasteiger partial charge in [-0.25, -0.2) is 12.8 Å². The summed E-state index contributed by atoms with van der Waals surface area (Å²) in [4.78, 5) is 27.8. The molecule has 0 spiro atoms. The fourth-order valence-electron chi connectivity index (χ4n) is 3.49. The van der Waals surface area contributed by atoms with Gasteiger partial charge in [0.15, 0.2) is 0 Å². The Kier molecular flexibility index (Phi) is 10.8. The number of anilines is 1. The maximum atomic E-state index is 13.6. The van der Waals surface area contributed by atoms with Crippen molar-refractivity contribution >= 4 is 50.7 Å². The lowest BCUT2D eigenvalue weighted by Gasteiger charge is -2.33. The van der Waals surface area contributed by atoms with E-state index in [1.807, 2.05) is 6.92 Å². The number of unbranched alkanes of at least 4 members (excludes halogenated alkanes) is 1. The van der Waals surface area contributed by atoms with Gasteiger partial charge in [0.05, 0.1) is 17.0 Å². The molecule has 0 radical (unpaired) electrons. The van der Waals surface area contributed by atoms with Crippen LogP contribution in [0.2, 0.25) is 10.0 Å². The van der Waals surface area contributed by atoms with E-state index in [1.165, 1.54) is 47.4 Å². The molecule has 1 atom stereocenters. The number of nitrogens with one attached hydrogen (secondary N) is 1. The molecule has 0 unspecified atom stereocenters. The quantitative estimate of drug-likeness (QED) is 0.394. The van der Waals surface area contributed by atoms with E-state index in [1.54, 1.807) is 6.92 Å². The molecule has 2 amide bonds. The Labute approximate surface area is 216 Å². The Morgan fingerprint density at radius 3 is 2.29 bits per heavy atom. The molecular weight excluding hydrogens is 516 g/mol. The van der Waals surface area contributed by atoms with Gasteiger partial charge in [0, 0.05) is 18.1 Å². The molecular formula is C24H30Cl2FN3O4S. The highest BCUT2D eigenvalue weighted by atomic mass is 35.5. The Hall–Kier alpha value is -2.36. The van der Waals surface area contributed by atoms with Crippen LogP contribution in [-0.2, 0) is 26.2 Å². The van der Waals surface area contributed by atoms with E-state index in [2.05, 4.69) is 5.32 Å². The van der Waals surface area contributed by atoms with Crippen LogP contribution in [0, 0.1) is 5.82 Å². The van der Waals surface area contributed by atoms with Gasteiger partial charge < -0.3 is 10.2 Å². The van der Waals surface area contributed by atoms with Crippen molar-refractivity contribution in [3.8, 4) is 0 Å². The van der Waals surface area contributed by atoms with Crippen LogP contribution in [0.1, 0.15) is 38.7 Å².